The first-order valence-electron chi connectivity index (χ1n) is 7.00. The van der Waals surface area contributed by atoms with E-state index in [0.29, 0.717) is 17.1 Å². The van der Waals surface area contributed by atoms with Crippen molar-refractivity contribution in [3.8, 4) is 11.5 Å². The molecule has 9 heteroatoms. The van der Waals surface area contributed by atoms with Crippen molar-refractivity contribution in [1.29, 1.82) is 0 Å². The van der Waals surface area contributed by atoms with Crippen LogP contribution in [0, 0.1) is 0 Å². The van der Waals surface area contributed by atoms with Crippen molar-refractivity contribution in [2.75, 3.05) is 21.3 Å². The number of ether oxygens (including phenoxy) is 2. The molecule has 0 spiro atoms. The molecule has 1 aromatic carbocycles. The summed E-state index contributed by atoms with van der Waals surface area (Å²) < 4.78 is 39.9. The van der Waals surface area contributed by atoms with E-state index in [1.807, 2.05) is 0 Å². The maximum Gasteiger partial charge on any atom is 0.367 e. The highest BCUT2D eigenvalue weighted by molar-refractivity contribution is 5.84. The monoisotopic (exact) mass is 340 g/mol. The number of aromatic nitrogens is 3. The minimum absolute atomic E-state index is 0.0487. The molecule has 0 atom stereocenters. The van der Waals surface area contributed by atoms with Crippen molar-refractivity contribution in [1.82, 2.24) is 19.9 Å². The van der Waals surface area contributed by atoms with Gasteiger partial charge < -0.3 is 14.4 Å². The van der Waals surface area contributed by atoms with Crippen molar-refractivity contribution >= 4 is 5.91 Å². The van der Waals surface area contributed by atoms with Gasteiger partial charge >= 0.3 is 5.92 Å². The van der Waals surface area contributed by atoms with Crippen LogP contribution in [0.15, 0.2) is 24.4 Å². The van der Waals surface area contributed by atoms with Gasteiger partial charge in [-0.25, -0.2) is 4.68 Å². The Morgan fingerprint density at radius 3 is 2.58 bits per heavy atom. The average Bonchev–Trinajstić information content (AvgIpc) is 3.01. The van der Waals surface area contributed by atoms with Crippen LogP contribution in [0.25, 0.3) is 0 Å². The van der Waals surface area contributed by atoms with Crippen LogP contribution in [-0.4, -0.2) is 47.1 Å². The Hall–Kier alpha value is -2.71. The van der Waals surface area contributed by atoms with Crippen LogP contribution in [0.3, 0.4) is 0 Å². The van der Waals surface area contributed by atoms with Crippen molar-refractivity contribution in [3.05, 3.63) is 35.7 Å². The molecule has 24 heavy (non-hydrogen) atoms. The third kappa shape index (κ3) is 3.29. The summed E-state index contributed by atoms with van der Waals surface area (Å²) in [4.78, 5) is 13.1. The molecule has 0 aliphatic rings. The van der Waals surface area contributed by atoms with Gasteiger partial charge in [-0.2, -0.15) is 8.78 Å². The van der Waals surface area contributed by atoms with Crippen molar-refractivity contribution < 1.29 is 23.0 Å². The van der Waals surface area contributed by atoms with Gasteiger partial charge in [-0.15, -0.1) is 5.10 Å². The number of benzene rings is 1. The zero-order valence-corrected chi connectivity index (χ0v) is 13.8. The highest BCUT2D eigenvalue weighted by atomic mass is 19.3. The molecule has 2 aromatic rings. The van der Waals surface area contributed by atoms with E-state index in [2.05, 4.69) is 10.3 Å². The molecule has 0 bridgehead atoms. The number of carbonyl (C=O) groups is 1. The molecule has 0 radical (unpaired) electrons. The van der Waals surface area contributed by atoms with Crippen LogP contribution in [0.5, 0.6) is 11.5 Å². The third-order valence-corrected chi connectivity index (χ3v) is 3.55. The Bertz CT molecular complexity index is 733. The van der Waals surface area contributed by atoms with E-state index in [9.17, 15) is 13.6 Å². The largest absolute Gasteiger partial charge is 0.497 e. The van der Waals surface area contributed by atoms with Gasteiger partial charge in [-0.1, -0.05) is 5.21 Å². The number of nitrogens with zero attached hydrogens (tertiary/aromatic N) is 4. The fourth-order valence-electron chi connectivity index (χ4n) is 2.23. The van der Waals surface area contributed by atoms with Gasteiger partial charge in [-0.3, -0.25) is 4.79 Å². The summed E-state index contributed by atoms with van der Waals surface area (Å²) in [6.07, 6.45) is 0.875. The van der Waals surface area contributed by atoms with Crippen molar-refractivity contribution in [2.45, 2.75) is 12.5 Å². The second-order valence-electron chi connectivity index (χ2n) is 5.16. The number of amides is 1. The van der Waals surface area contributed by atoms with Gasteiger partial charge in [0.2, 0.25) is 0 Å². The van der Waals surface area contributed by atoms with E-state index in [4.69, 9.17) is 9.47 Å². The maximum absolute atomic E-state index is 14.4. The second kappa shape index (κ2) is 6.81. The summed E-state index contributed by atoms with van der Waals surface area (Å²) in [6, 6.07) is 4.95. The third-order valence-electron chi connectivity index (χ3n) is 3.55. The van der Waals surface area contributed by atoms with Gasteiger partial charge in [0, 0.05) is 32.3 Å². The molecule has 0 saturated heterocycles. The minimum atomic E-state index is -3.73. The van der Waals surface area contributed by atoms with E-state index in [0.717, 1.165) is 15.8 Å². The number of rotatable bonds is 6. The van der Waals surface area contributed by atoms with E-state index in [1.54, 1.807) is 18.2 Å². The normalized spacial score (nSPS) is 11.2. The van der Waals surface area contributed by atoms with E-state index in [1.165, 1.54) is 28.3 Å². The lowest BCUT2D eigenvalue weighted by molar-refractivity contribution is -0.159. The van der Waals surface area contributed by atoms with Gasteiger partial charge in [0.15, 0.2) is 0 Å². The average molecular weight is 340 g/mol. The van der Waals surface area contributed by atoms with E-state index >= 15 is 0 Å². The summed E-state index contributed by atoms with van der Waals surface area (Å²) in [7, 11) is 5.56. The zero-order valence-electron chi connectivity index (χ0n) is 13.8. The fourth-order valence-corrected chi connectivity index (χ4v) is 2.23. The molecule has 7 nitrogen and oxygen atoms in total. The summed E-state index contributed by atoms with van der Waals surface area (Å²) in [5.41, 5.74) is 0.00845. The molecule has 1 aromatic heterocycles. The summed E-state index contributed by atoms with van der Waals surface area (Å²) in [5, 5.41) is 6.83. The molecule has 2 rings (SSSR count). The Morgan fingerprint density at radius 2 is 2.04 bits per heavy atom. The standard InChI is InChI=1S/C15H18F2N4O3/c1-20(9-10-5-6-11(23-3)7-12(10)24-4)14(22)15(16,17)13-8-18-19-21(13)2/h5-8H,9H2,1-4H3. The highest BCUT2D eigenvalue weighted by Gasteiger charge is 2.46. The molecule has 0 saturated carbocycles. The van der Waals surface area contributed by atoms with Crippen LogP contribution < -0.4 is 9.47 Å². The summed E-state index contributed by atoms with van der Waals surface area (Å²) in [5.74, 6) is -4.08. The minimum Gasteiger partial charge on any atom is -0.497 e. The number of methoxy groups -OCH3 is 2. The Morgan fingerprint density at radius 1 is 1.33 bits per heavy atom. The molecular formula is C15H18F2N4O3. The lowest BCUT2D eigenvalue weighted by Crippen LogP contribution is -2.40. The number of alkyl halides is 2. The molecular weight excluding hydrogens is 322 g/mol. The van der Waals surface area contributed by atoms with Gasteiger partial charge in [0.1, 0.15) is 17.2 Å². The zero-order chi connectivity index (χ0) is 17.9. The summed E-state index contributed by atoms with van der Waals surface area (Å²) >= 11 is 0. The highest BCUT2D eigenvalue weighted by Crippen LogP contribution is 2.31. The van der Waals surface area contributed by atoms with Gasteiger partial charge in [-0.05, 0) is 12.1 Å². The molecule has 0 unspecified atom stereocenters. The first kappa shape index (κ1) is 17.6. The molecule has 1 heterocycles. The van der Waals surface area contributed by atoms with Crippen LogP contribution in [0.4, 0.5) is 8.78 Å². The number of halogens is 2. The predicted octanol–water partition coefficient (Wildman–Crippen LogP) is 1.58. The van der Waals surface area contributed by atoms with Crippen molar-refractivity contribution in [3.63, 3.8) is 0 Å². The van der Waals surface area contributed by atoms with E-state index in [-0.39, 0.29) is 6.54 Å². The second-order valence-corrected chi connectivity index (χ2v) is 5.16. The Balaban J connectivity index is 2.22. The lowest BCUT2D eigenvalue weighted by Gasteiger charge is -2.24. The lowest BCUT2D eigenvalue weighted by atomic mass is 10.1. The van der Waals surface area contributed by atoms with Crippen LogP contribution in [0.1, 0.15) is 11.3 Å². The van der Waals surface area contributed by atoms with Gasteiger partial charge in [0.25, 0.3) is 5.91 Å². The van der Waals surface area contributed by atoms with Crippen LogP contribution >= 0.6 is 0 Å². The Labute approximate surface area is 137 Å². The Kier molecular flexibility index (Phi) is 5.01. The smallest absolute Gasteiger partial charge is 0.367 e. The van der Waals surface area contributed by atoms with Gasteiger partial charge in [0.05, 0.1) is 20.4 Å². The number of carbonyl (C=O) groups excluding carboxylic acids is 1. The molecule has 0 aliphatic heterocycles. The van der Waals surface area contributed by atoms with E-state index < -0.39 is 17.5 Å². The fraction of sp³-hybridized carbons (Fsp3) is 0.400. The molecule has 0 N–H and O–H groups in total. The SMILES string of the molecule is COc1ccc(CN(C)C(=O)C(F)(F)c2cnnn2C)c(OC)c1. The number of likely N-dealkylation sites (N-methyl/N-ethyl adjacent to an activating group) is 1. The maximum atomic E-state index is 14.4. The molecule has 1 amide bonds. The number of hydrogen-bond donors (Lipinski definition) is 0. The first-order chi connectivity index (χ1) is 11.3. The number of hydrogen-bond acceptors (Lipinski definition) is 5. The molecule has 130 valence electrons. The first-order valence-corrected chi connectivity index (χ1v) is 7.00. The number of aryl methyl sites for hydroxylation is 1. The topological polar surface area (TPSA) is 69.5 Å². The predicted molar refractivity (Wildman–Crippen MR) is 80.9 cm³/mol. The van der Waals surface area contributed by atoms with Crippen LogP contribution in [-0.2, 0) is 24.3 Å². The summed E-state index contributed by atoms with van der Waals surface area (Å²) in [6.45, 7) is -0.0487. The molecule has 0 fully saturated rings. The molecule has 0 aliphatic carbocycles. The van der Waals surface area contributed by atoms with Crippen LogP contribution in [0.2, 0.25) is 0 Å². The van der Waals surface area contributed by atoms with Crippen molar-refractivity contribution in [2.24, 2.45) is 7.05 Å². The quantitative estimate of drug-likeness (QED) is 0.799.